The van der Waals surface area contributed by atoms with Crippen LogP contribution in [-0.4, -0.2) is 18.0 Å². The fraction of sp³-hybridized carbons (Fsp3) is 0.286. The van der Waals surface area contributed by atoms with Gasteiger partial charge in [-0.05, 0) is 12.5 Å². The maximum absolute atomic E-state index is 12.0. The van der Waals surface area contributed by atoms with Crippen molar-refractivity contribution in [2.75, 3.05) is 7.11 Å². The average Bonchev–Trinajstić information content (AvgIpc) is 2.98. The second-order valence-electron chi connectivity index (χ2n) is 4.05. The standard InChI is InChI=1S/C14H16N2O2S/c1-3-11(10-6-4-5-7-13(10)18-2)16-14(17)12-8-19-9-15-12/h4-9,11H,3H2,1-2H3,(H,16,17). The summed E-state index contributed by atoms with van der Waals surface area (Å²) in [6, 6.07) is 7.64. The third-order valence-electron chi connectivity index (χ3n) is 2.89. The van der Waals surface area contributed by atoms with Crippen LogP contribution in [0.2, 0.25) is 0 Å². The number of nitrogens with zero attached hydrogens (tertiary/aromatic N) is 1. The summed E-state index contributed by atoms with van der Waals surface area (Å²) in [5.74, 6) is 0.631. The number of para-hydroxylation sites is 1. The first-order valence-electron chi connectivity index (χ1n) is 6.08. The summed E-state index contributed by atoms with van der Waals surface area (Å²) in [4.78, 5) is 16.1. The maximum Gasteiger partial charge on any atom is 0.271 e. The van der Waals surface area contributed by atoms with Crippen LogP contribution in [0.25, 0.3) is 0 Å². The number of hydrogen-bond acceptors (Lipinski definition) is 4. The Labute approximate surface area is 116 Å². The number of thiazole rings is 1. The first-order chi connectivity index (χ1) is 9.26. The number of amides is 1. The van der Waals surface area contributed by atoms with Crippen LogP contribution in [0.5, 0.6) is 5.75 Å². The highest BCUT2D eigenvalue weighted by Gasteiger charge is 2.18. The lowest BCUT2D eigenvalue weighted by molar-refractivity contribution is 0.0931. The Balaban J connectivity index is 2.18. The summed E-state index contributed by atoms with van der Waals surface area (Å²) >= 11 is 1.41. The third kappa shape index (κ3) is 3.12. The molecule has 5 heteroatoms. The van der Waals surface area contributed by atoms with E-state index in [2.05, 4.69) is 10.3 Å². The highest BCUT2D eigenvalue weighted by Crippen LogP contribution is 2.27. The molecule has 0 saturated heterocycles. The van der Waals surface area contributed by atoms with Gasteiger partial charge in [0.25, 0.3) is 5.91 Å². The van der Waals surface area contributed by atoms with Crippen molar-refractivity contribution in [1.82, 2.24) is 10.3 Å². The van der Waals surface area contributed by atoms with Gasteiger partial charge in [0.05, 0.1) is 18.7 Å². The number of ether oxygens (including phenoxy) is 1. The summed E-state index contributed by atoms with van der Waals surface area (Å²) < 4.78 is 5.34. The first kappa shape index (κ1) is 13.5. The van der Waals surface area contributed by atoms with Crippen LogP contribution in [0.1, 0.15) is 35.4 Å². The van der Waals surface area contributed by atoms with E-state index in [1.165, 1.54) is 11.3 Å². The van der Waals surface area contributed by atoms with Crippen LogP contribution >= 0.6 is 11.3 Å². The van der Waals surface area contributed by atoms with Gasteiger partial charge in [-0.2, -0.15) is 0 Å². The van der Waals surface area contributed by atoms with Crippen LogP contribution in [-0.2, 0) is 0 Å². The lowest BCUT2D eigenvalue weighted by Gasteiger charge is -2.19. The number of carbonyl (C=O) groups excluding carboxylic acids is 1. The molecule has 1 aromatic carbocycles. The smallest absolute Gasteiger partial charge is 0.271 e. The van der Waals surface area contributed by atoms with Crippen molar-refractivity contribution in [3.8, 4) is 5.75 Å². The Morgan fingerprint density at radius 3 is 2.89 bits per heavy atom. The van der Waals surface area contributed by atoms with E-state index < -0.39 is 0 Å². The predicted molar refractivity (Wildman–Crippen MR) is 75.6 cm³/mol. The number of methoxy groups -OCH3 is 1. The third-order valence-corrected chi connectivity index (χ3v) is 3.48. The van der Waals surface area contributed by atoms with E-state index in [1.54, 1.807) is 18.0 Å². The maximum atomic E-state index is 12.0. The van der Waals surface area contributed by atoms with Gasteiger partial charge >= 0.3 is 0 Å². The van der Waals surface area contributed by atoms with Crippen LogP contribution in [0, 0.1) is 0 Å². The van der Waals surface area contributed by atoms with Gasteiger partial charge in [-0.3, -0.25) is 4.79 Å². The van der Waals surface area contributed by atoms with E-state index in [9.17, 15) is 4.79 Å². The summed E-state index contributed by atoms with van der Waals surface area (Å²) in [7, 11) is 1.63. The number of aromatic nitrogens is 1. The minimum absolute atomic E-state index is 0.0784. The second kappa shape index (κ2) is 6.33. The molecule has 0 fully saturated rings. The van der Waals surface area contributed by atoms with Crippen molar-refractivity contribution >= 4 is 17.2 Å². The van der Waals surface area contributed by atoms with E-state index in [0.717, 1.165) is 17.7 Å². The van der Waals surface area contributed by atoms with Gasteiger partial charge in [0.1, 0.15) is 11.4 Å². The molecule has 1 amide bonds. The Bertz CT molecular complexity index is 540. The molecule has 2 rings (SSSR count). The van der Waals surface area contributed by atoms with Gasteiger partial charge in [-0.15, -0.1) is 11.3 Å². The number of rotatable bonds is 5. The van der Waals surface area contributed by atoms with Crippen LogP contribution in [0.15, 0.2) is 35.2 Å². The fourth-order valence-electron chi connectivity index (χ4n) is 1.91. The molecule has 19 heavy (non-hydrogen) atoms. The minimum atomic E-state index is -0.154. The molecule has 0 spiro atoms. The zero-order chi connectivity index (χ0) is 13.7. The molecule has 2 aromatic rings. The lowest BCUT2D eigenvalue weighted by Crippen LogP contribution is -2.28. The van der Waals surface area contributed by atoms with Crippen molar-refractivity contribution in [3.63, 3.8) is 0 Å². The zero-order valence-corrected chi connectivity index (χ0v) is 11.7. The Morgan fingerprint density at radius 2 is 2.26 bits per heavy atom. The highest BCUT2D eigenvalue weighted by atomic mass is 32.1. The summed E-state index contributed by atoms with van der Waals surface area (Å²) in [5.41, 5.74) is 3.09. The molecule has 0 radical (unpaired) electrons. The molecule has 0 aliphatic rings. The monoisotopic (exact) mass is 276 g/mol. The number of benzene rings is 1. The molecule has 4 nitrogen and oxygen atoms in total. The Morgan fingerprint density at radius 1 is 1.47 bits per heavy atom. The van der Waals surface area contributed by atoms with E-state index in [-0.39, 0.29) is 11.9 Å². The molecule has 0 aliphatic carbocycles. The molecule has 1 unspecified atom stereocenters. The van der Waals surface area contributed by atoms with Crippen molar-refractivity contribution in [1.29, 1.82) is 0 Å². The molecular weight excluding hydrogens is 260 g/mol. The van der Waals surface area contributed by atoms with Crippen molar-refractivity contribution < 1.29 is 9.53 Å². The molecule has 1 heterocycles. The fourth-order valence-corrected chi connectivity index (χ4v) is 2.44. The molecule has 100 valence electrons. The molecule has 0 saturated carbocycles. The van der Waals surface area contributed by atoms with E-state index in [0.29, 0.717) is 5.69 Å². The van der Waals surface area contributed by atoms with Crippen LogP contribution in [0.4, 0.5) is 0 Å². The number of nitrogens with one attached hydrogen (secondary N) is 1. The van der Waals surface area contributed by atoms with E-state index in [1.807, 2.05) is 31.2 Å². The molecule has 1 N–H and O–H groups in total. The summed E-state index contributed by atoms with van der Waals surface area (Å²) in [6.45, 7) is 2.03. The van der Waals surface area contributed by atoms with E-state index in [4.69, 9.17) is 4.74 Å². The highest BCUT2D eigenvalue weighted by molar-refractivity contribution is 7.07. The molecule has 0 bridgehead atoms. The van der Waals surface area contributed by atoms with Gasteiger partial charge < -0.3 is 10.1 Å². The summed E-state index contributed by atoms with van der Waals surface area (Å²) in [6.07, 6.45) is 0.788. The largest absolute Gasteiger partial charge is 0.496 e. The van der Waals surface area contributed by atoms with Gasteiger partial charge in [0.15, 0.2) is 0 Å². The van der Waals surface area contributed by atoms with Crippen LogP contribution in [0.3, 0.4) is 0 Å². The average molecular weight is 276 g/mol. The molecular formula is C14H16N2O2S. The zero-order valence-electron chi connectivity index (χ0n) is 10.9. The predicted octanol–water partition coefficient (Wildman–Crippen LogP) is 3.03. The van der Waals surface area contributed by atoms with Gasteiger partial charge in [0, 0.05) is 10.9 Å². The van der Waals surface area contributed by atoms with Gasteiger partial charge in [-0.25, -0.2) is 4.98 Å². The van der Waals surface area contributed by atoms with Crippen molar-refractivity contribution in [2.24, 2.45) is 0 Å². The van der Waals surface area contributed by atoms with Crippen molar-refractivity contribution in [3.05, 3.63) is 46.4 Å². The minimum Gasteiger partial charge on any atom is -0.496 e. The number of hydrogen-bond donors (Lipinski definition) is 1. The molecule has 1 aromatic heterocycles. The normalized spacial score (nSPS) is 11.9. The molecule has 1 atom stereocenters. The Kier molecular flexibility index (Phi) is 4.52. The SMILES string of the molecule is CCC(NC(=O)c1cscn1)c1ccccc1OC. The second-order valence-corrected chi connectivity index (χ2v) is 4.77. The van der Waals surface area contributed by atoms with Crippen LogP contribution < -0.4 is 10.1 Å². The summed E-state index contributed by atoms with van der Waals surface area (Å²) in [5, 5.41) is 4.73. The Hall–Kier alpha value is -1.88. The number of carbonyl (C=O) groups is 1. The van der Waals surface area contributed by atoms with Gasteiger partial charge in [-0.1, -0.05) is 25.1 Å². The lowest BCUT2D eigenvalue weighted by atomic mass is 10.0. The van der Waals surface area contributed by atoms with Crippen molar-refractivity contribution in [2.45, 2.75) is 19.4 Å². The quantitative estimate of drug-likeness (QED) is 0.913. The molecule has 0 aliphatic heterocycles. The topological polar surface area (TPSA) is 51.2 Å². The van der Waals surface area contributed by atoms with E-state index >= 15 is 0 Å². The van der Waals surface area contributed by atoms with Gasteiger partial charge in [0.2, 0.25) is 0 Å². The first-order valence-corrected chi connectivity index (χ1v) is 7.02.